The zero-order chi connectivity index (χ0) is 21.4. The molecular formula is C20H23NO7S. The van der Waals surface area contributed by atoms with Crippen LogP contribution in [0.15, 0.2) is 24.3 Å². The molecule has 29 heavy (non-hydrogen) atoms. The Morgan fingerprint density at radius 3 is 2.41 bits per heavy atom. The van der Waals surface area contributed by atoms with Crippen molar-refractivity contribution in [3.8, 4) is 5.75 Å². The quantitative estimate of drug-likeness (QED) is 0.485. The Balaban J connectivity index is 2.10. The highest BCUT2D eigenvalue weighted by molar-refractivity contribution is 7.18. The molecule has 0 saturated carbocycles. The first kappa shape index (κ1) is 22.2. The summed E-state index contributed by atoms with van der Waals surface area (Å²) in [4.78, 5) is 36.4. The minimum absolute atomic E-state index is 0.00684. The second-order valence-corrected chi connectivity index (χ2v) is 6.89. The summed E-state index contributed by atoms with van der Waals surface area (Å²) < 4.78 is 20.3. The van der Waals surface area contributed by atoms with Gasteiger partial charge in [0.25, 0.3) is 0 Å². The van der Waals surface area contributed by atoms with Crippen molar-refractivity contribution in [2.45, 2.75) is 26.4 Å². The van der Waals surface area contributed by atoms with Crippen molar-refractivity contribution in [3.05, 3.63) is 45.8 Å². The lowest BCUT2D eigenvalue weighted by Gasteiger charge is -2.10. The van der Waals surface area contributed by atoms with Gasteiger partial charge in [0.1, 0.15) is 27.8 Å². The van der Waals surface area contributed by atoms with Gasteiger partial charge in [-0.25, -0.2) is 9.59 Å². The van der Waals surface area contributed by atoms with E-state index in [1.807, 2.05) is 31.2 Å². The fourth-order valence-electron chi connectivity index (χ4n) is 2.67. The summed E-state index contributed by atoms with van der Waals surface area (Å²) in [6.07, 6.45) is 0.527. The van der Waals surface area contributed by atoms with Gasteiger partial charge in [-0.15, -0.1) is 11.3 Å². The number of carbonyl (C=O) groups is 3. The molecule has 1 heterocycles. The average Bonchev–Trinajstić information content (AvgIpc) is 3.06. The lowest BCUT2D eigenvalue weighted by Crippen LogP contribution is -2.13. The first-order chi connectivity index (χ1) is 13.9. The van der Waals surface area contributed by atoms with Gasteiger partial charge in [0, 0.05) is 12.0 Å². The maximum atomic E-state index is 12.2. The van der Waals surface area contributed by atoms with Crippen LogP contribution in [0.25, 0.3) is 0 Å². The molecule has 0 radical (unpaired) electrons. The first-order valence-electron chi connectivity index (χ1n) is 8.86. The third-order valence-corrected chi connectivity index (χ3v) is 5.08. The predicted octanol–water partition coefficient (Wildman–Crippen LogP) is 2.98. The molecular weight excluding hydrogens is 398 g/mol. The van der Waals surface area contributed by atoms with Gasteiger partial charge >= 0.3 is 17.9 Å². The number of para-hydroxylation sites is 1. The van der Waals surface area contributed by atoms with Gasteiger partial charge in [-0.05, 0) is 25.0 Å². The average molecular weight is 421 g/mol. The number of hydrogen-bond acceptors (Lipinski definition) is 9. The highest BCUT2D eigenvalue weighted by atomic mass is 32.1. The second-order valence-electron chi connectivity index (χ2n) is 5.83. The van der Waals surface area contributed by atoms with E-state index in [4.69, 9.17) is 24.7 Å². The minimum atomic E-state index is -0.717. The van der Waals surface area contributed by atoms with Crippen molar-refractivity contribution >= 4 is 34.2 Å². The predicted molar refractivity (Wildman–Crippen MR) is 107 cm³/mol. The number of nitrogens with two attached hydrogens (primary N) is 1. The molecule has 1 aromatic heterocycles. The van der Waals surface area contributed by atoms with Gasteiger partial charge < -0.3 is 24.7 Å². The van der Waals surface area contributed by atoms with Crippen LogP contribution in [-0.2, 0) is 32.0 Å². The lowest BCUT2D eigenvalue weighted by atomic mass is 10.1. The monoisotopic (exact) mass is 421 g/mol. The Morgan fingerprint density at radius 1 is 1.07 bits per heavy atom. The van der Waals surface area contributed by atoms with Gasteiger partial charge in [0.05, 0.1) is 20.8 Å². The molecule has 0 spiro atoms. The van der Waals surface area contributed by atoms with Gasteiger partial charge in [0.2, 0.25) is 0 Å². The molecule has 0 saturated heterocycles. The largest absolute Gasteiger partial charge is 0.494 e. The zero-order valence-electron chi connectivity index (χ0n) is 16.5. The number of methoxy groups -OCH3 is 2. The van der Waals surface area contributed by atoms with Crippen molar-refractivity contribution in [2.24, 2.45) is 0 Å². The molecule has 0 amide bonds. The van der Waals surface area contributed by atoms with Crippen molar-refractivity contribution in [1.29, 1.82) is 0 Å². The SMILES string of the molecule is CCOc1ccccc1CCC(=O)OCc1c(C(=O)OC)sc(N)c1C(=O)OC. The highest BCUT2D eigenvalue weighted by Gasteiger charge is 2.28. The van der Waals surface area contributed by atoms with E-state index in [1.54, 1.807) is 0 Å². The Labute approximate surface area is 172 Å². The van der Waals surface area contributed by atoms with Gasteiger partial charge in [-0.1, -0.05) is 18.2 Å². The van der Waals surface area contributed by atoms with Gasteiger partial charge in [-0.2, -0.15) is 0 Å². The van der Waals surface area contributed by atoms with E-state index < -0.39 is 17.9 Å². The molecule has 0 fully saturated rings. The van der Waals surface area contributed by atoms with E-state index in [0.29, 0.717) is 13.0 Å². The van der Waals surface area contributed by atoms with Crippen molar-refractivity contribution in [1.82, 2.24) is 0 Å². The van der Waals surface area contributed by atoms with Crippen LogP contribution >= 0.6 is 11.3 Å². The zero-order valence-corrected chi connectivity index (χ0v) is 17.3. The Bertz CT molecular complexity index is 891. The van der Waals surface area contributed by atoms with Crippen molar-refractivity contribution in [2.75, 3.05) is 26.6 Å². The molecule has 8 nitrogen and oxygen atoms in total. The Kier molecular flexibility index (Phi) is 8.02. The van der Waals surface area contributed by atoms with Crippen LogP contribution in [0.4, 0.5) is 5.00 Å². The maximum Gasteiger partial charge on any atom is 0.348 e. The number of aryl methyl sites for hydroxylation is 1. The van der Waals surface area contributed by atoms with Crippen LogP contribution in [0.1, 0.15) is 44.5 Å². The summed E-state index contributed by atoms with van der Waals surface area (Å²) in [6, 6.07) is 7.44. The standard InChI is InChI=1S/C20H23NO7S/c1-4-27-14-8-6-5-7-12(14)9-10-15(22)28-11-13-16(19(23)25-2)18(21)29-17(13)20(24)26-3/h5-8H,4,9-11,21H2,1-3H3. The minimum Gasteiger partial charge on any atom is -0.494 e. The molecule has 0 atom stereocenters. The van der Waals surface area contributed by atoms with E-state index >= 15 is 0 Å². The Morgan fingerprint density at radius 2 is 1.76 bits per heavy atom. The summed E-state index contributed by atoms with van der Waals surface area (Å²) in [6.45, 7) is 2.11. The molecule has 0 aliphatic carbocycles. The van der Waals surface area contributed by atoms with Crippen LogP contribution in [0.3, 0.4) is 0 Å². The fraction of sp³-hybridized carbons (Fsp3) is 0.350. The molecule has 1 aromatic carbocycles. The van der Waals surface area contributed by atoms with Gasteiger partial charge in [-0.3, -0.25) is 4.79 Å². The maximum absolute atomic E-state index is 12.2. The van der Waals surface area contributed by atoms with E-state index in [2.05, 4.69) is 0 Å². The first-order valence-corrected chi connectivity index (χ1v) is 9.68. The smallest absolute Gasteiger partial charge is 0.348 e. The van der Waals surface area contributed by atoms with E-state index in [0.717, 1.165) is 22.6 Å². The molecule has 2 rings (SSSR count). The summed E-state index contributed by atoms with van der Waals surface area (Å²) in [5, 5.41) is 0.0916. The number of carbonyl (C=O) groups excluding carboxylic acids is 3. The van der Waals surface area contributed by atoms with Crippen LogP contribution in [0, 0.1) is 0 Å². The number of thiophene rings is 1. The number of hydrogen-bond donors (Lipinski definition) is 1. The summed E-state index contributed by atoms with van der Waals surface area (Å²) in [7, 11) is 2.41. The number of rotatable bonds is 9. The topological polar surface area (TPSA) is 114 Å². The number of ether oxygens (including phenoxy) is 4. The van der Waals surface area contributed by atoms with E-state index in [9.17, 15) is 14.4 Å². The molecule has 156 valence electrons. The molecule has 2 N–H and O–H groups in total. The molecule has 0 unspecified atom stereocenters. The summed E-state index contributed by atoms with van der Waals surface area (Å²) in [5.74, 6) is -1.17. The molecule has 9 heteroatoms. The summed E-state index contributed by atoms with van der Waals surface area (Å²) in [5.41, 5.74) is 6.92. The molecule has 2 aromatic rings. The second kappa shape index (κ2) is 10.5. The van der Waals surface area contributed by atoms with Crippen LogP contribution < -0.4 is 10.5 Å². The molecule has 0 aliphatic rings. The number of nitrogen functional groups attached to an aromatic ring is 1. The van der Waals surface area contributed by atoms with Crippen molar-refractivity contribution < 1.29 is 33.3 Å². The molecule has 0 aliphatic heterocycles. The third-order valence-electron chi connectivity index (χ3n) is 4.04. The highest BCUT2D eigenvalue weighted by Crippen LogP contribution is 2.33. The third kappa shape index (κ3) is 5.47. The fourth-order valence-corrected chi connectivity index (χ4v) is 3.65. The number of esters is 3. The van der Waals surface area contributed by atoms with Crippen LogP contribution in [-0.4, -0.2) is 38.7 Å². The normalized spacial score (nSPS) is 10.3. The number of benzene rings is 1. The lowest BCUT2D eigenvalue weighted by molar-refractivity contribution is -0.144. The van der Waals surface area contributed by atoms with E-state index in [-0.39, 0.29) is 34.0 Å². The number of anilines is 1. The Hall–Kier alpha value is -3.07. The molecule has 0 bridgehead atoms. The van der Waals surface area contributed by atoms with Crippen molar-refractivity contribution in [3.63, 3.8) is 0 Å². The van der Waals surface area contributed by atoms with Crippen LogP contribution in [0.5, 0.6) is 5.75 Å². The van der Waals surface area contributed by atoms with Gasteiger partial charge in [0.15, 0.2) is 0 Å². The van der Waals surface area contributed by atoms with E-state index in [1.165, 1.54) is 14.2 Å². The van der Waals surface area contributed by atoms with Crippen LogP contribution in [0.2, 0.25) is 0 Å². The summed E-state index contributed by atoms with van der Waals surface area (Å²) >= 11 is 0.881.